The number of anilines is 1. The fraction of sp³-hybridized carbons (Fsp3) is 0.286. The first-order valence-electron chi connectivity index (χ1n) is 6.01. The molecule has 19 heavy (non-hydrogen) atoms. The molecule has 2 rings (SSSR count). The van der Waals surface area contributed by atoms with Gasteiger partial charge in [-0.3, -0.25) is 10.1 Å². The Morgan fingerprint density at radius 3 is 2.63 bits per heavy atom. The Morgan fingerprint density at radius 1 is 1.32 bits per heavy atom. The molecule has 4 nitrogen and oxygen atoms in total. The number of hydrogen-bond acceptors (Lipinski definition) is 3. The van der Waals surface area contributed by atoms with Gasteiger partial charge in [0.15, 0.2) is 0 Å². The van der Waals surface area contributed by atoms with Gasteiger partial charge >= 0.3 is 0 Å². The molecule has 0 aliphatic heterocycles. The van der Waals surface area contributed by atoms with Gasteiger partial charge in [-0.2, -0.15) is 0 Å². The number of nitrogens with zero attached hydrogens (tertiary/aromatic N) is 1. The molecule has 0 fully saturated rings. The van der Waals surface area contributed by atoms with Gasteiger partial charge in [-0.25, -0.2) is 0 Å². The van der Waals surface area contributed by atoms with Gasteiger partial charge in [0.2, 0.25) is 5.88 Å². The van der Waals surface area contributed by atoms with E-state index in [4.69, 9.17) is 4.52 Å². The fourth-order valence-corrected chi connectivity index (χ4v) is 2.28. The summed E-state index contributed by atoms with van der Waals surface area (Å²) in [5.74, 6) is 0.421. The number of aryl methyl sites for hydroxylation is 1. The van der Waals surface area contributed by atoms with Crippen molar-refractivity contribution in [2.45, 2.75) is 26.7 Å². The lowest BCUT2D eigenvalue weighted by Gasteiger charge is -2.03. The third kappa shape index (κ3) is 3.44. The summed E-state index contributed by atoms with van der Waals surface area (Å²) in [6, 6.07) is 7.28. The van der Waals surface area contributed by atoms with Gasteiger partial charge < -0.3 is 4.52 Å². The Kier molecular flexibility index (Phi) is 4.04. The highest BCUT2D eigenvalue weighted by molar-refractivity contribution is 9.10. The van der Waals surface area contributed by atoms with Crippen molar-refractivity contribution in [2.75, 3.05) is 5.32 Å². The molecule has 0 atom stereocenters. The van der Waals surface area contributed by atoms with Crippen molar-refractivity contribution in [1.82, 2.24) is 5.16 Å². The monoisotopic (exact) mass is 322 g/mol. The van der Waals surface area contributed by atoms with Crippen LogP contribution in [0, 0.1) is 6.92 Å². The second-order valence-corrected chi connectivity index (χ2v) is 5.66. The molecule has 0 saturated carbocycles. The van der Waals surface area contributed by atoms with Crippen molar-refractivity contribution in [3.05, 3.63) is 45.6 Å². The van der Waals surface area contributed by atoms with E-state index in [0.717, 1.165) is 15.7 Å². The van der Waals surface area contributed by atoms with Crippen LogP contribution in [-0.2, 0) is 0 Å². The predicted octanol–water partition coefficient (Wildman–Crippen LogP) is 4.12. The zero-order valence-electron chi connectivity index (χ0n) is 11.0. The standard InChI is InChI=1S/C14H15BrN2O2/c1-8(2)12-7-13(19-17-12)16-14(18)10-4-9(3)5-11(15)6-10/h4-8H,1-3H3,(H,16,18). The Hall–Kier alpha value is -1.62. The smallest absolute Gasteiger partial charge is 0.258 e. The van der Waals surface area contributed by atoms with Crippen LogP contribution in [0.2, 0.25) is 0 Å². The second kappa shape index (κ2) is 5.57. The molecular formula is C14H15BrN2O2. The Bertz CT molecular complexity index is 585. The van der Waals surface area contributed by atoms with Crippen molar-refractivity contribution in [2.24, 2.45) is 0 Å². The van der Waals surface area contributed by atoms with Crippen LogP contribution in [0.4, 0.5) is 5.88 Å². The Morgan fingerprint density at radius 2 is 2.05 bits per heavy atom. The van der Waals surface area contributed by atoms with Gasteiger partial charge in [0, 0.05) is 16.1 Å². The number of carbonyl (C=O) groups excluding carboxylic acids is 1. The van der Waals surface area contributed by atoms with E-state index in [0.29, 0.717) is 11.4 Å². The first-order chi connectivity index (χ1) is 8.95. The van der Waals surface area contributed by atoms with Gasteiger partial charge in [0.25, 0.3) is 5.91 Å². The summed E-state index contributed by atoms with van der Waals surface area (Å²) in [5, 5.41) is 6.60. The number of aromatic nitrogens is 1. The van der Waals surface area contributed by atoms with E-state index in [1.807, 2.05) is 32.9 Å². The first-order valence-corrected chi connectivity index (χ1v) is 6.80. The molecule has 0 unspecified atom stereocenters. The minimum absolute atomic E-state index is 0.212. The van der Waals surface area contributed by atoms with Crippen LogP contribution in [0.15, 0.2) is 33.3 Å². The van der Waals surface area contributed by atoms with Crippen molar-refractivity contribution in [3.63, 3.8) is 0 Å². The molecule has 0 saturated heterocycles. The van der Waals surface area contributed by atoms with Gasteiger partial charge in [-0.05, 0) is 36.6 Å². The largest absolute Gasteiger partial charge is 0.338 e. The summed E-state index contributed by atoms with van der Waals surface area (Å²) in [5.41, 5.74) is 2.41. The average molecular weight is 323 g/mol. The van der Waals surface area contributed by atoms with Crippen molar-refractivity contribution in [3.8, 4) is 0 Å². The molecule has 0 spiro atoms. The van der Waals surface area contributed by atoms with Crippen LogP contribution >= 0.6 is 15.9 Å². The number of benzene rings is 1. The van der Waals surface area contributed by atoms with Crippen molar-refractivity contribution >= 4 is 27.7 Å². The molecule has 100 valence electrons. The lowest BCUT2D eigenvalue weighted by Crippen LogP contribution is -2.11. The van der Waals surface area contributed by atoms with E-state index < -0.39 is 0 Å². The van der Waals surface area contributed by atoms with Crippen LogP contribution in [0.5, 0.6) is 0 Å². The minimum atomic E-state index is -0.212. The summed E-state index contributed by atoms with van der Waals surface area (Å²) in [7, 11) is 0. The zero-order valence-corrected chi connectivity index (χ0v) is 12.6. The van der Waals surface area contributed by atoms with Crippen LogP contribution < -0.4 is 5.32 Å². The lowest BCUT2D eigenvalue weighted by atomic mass is 10.1. The molecule has 2 aromatic rings. The van der Waals surface area contributed by atoms with Gasteiger partial charge in [-0.1, -0.05) is 34.9 Å². The second-order valence-electron chi connectivity index (χ2n) is 4.74. The topological polar surface area (TPSA) is 55.1 Å². The van der Waals surface area contributed by atoms with Crippen LogP contribution in [-0.4, -0.2) is 11.1 Å². The maximum absolute atomic E-state index is 12.1. The molecule has 0 aliphatic rings. The number of amides is 1. The van der Waals surface area contributed by atoms with Crippen molar-refractivity contribution < 1.29 is 9.32 Å². The quantitative estimate of drug-likeness (QED) is 0.924. The molecule has 1 aromatic carbocycles. The molecule has 1 aromatic heterocycles. The highest BCUT2D eigenvalue weighted by atomic mass is 79.9. The third-order valence-electron chi connectivity index (χ3n) is 2.66. The summed E-state index contributed by atoms with van der Waals surface area (Å²) in [4.78, 5) is 12.1. The summed E-state index contributed by atoms with van der Waals surface area (Å²) < 4.78 is 5.96. The SMILES string of the molecule is Cc1cc(Br)cc(C(=O)Nc2cc(C(C)C)no2)c1. The molecule has 1 amide bonds. The van der Waals surface area contributed by atoms with E-state index in [9.17, 15) is 4.79 Å². The average Bonchev–Trinajstić information content (AvgIpc) is 2.76. The van der Waals surface area contributed by atoms with Crippen LogP contribution in [0.25, 0.3) is 0 Å². The molecule has 1 heterocycles. The number of rotatable bonds is 3. The van der Waals surface area contributed by atoms with E-state index in [-0.39, 0.29) is 11.8 Å². The molecule has 0 radical (unpaired) electrons. The Labute approximate surface area is 120 Å². The van der Waals surface area contributed by atoms with Gasteiger partial charge in [0.1, 0.15) is 0 Å². The van der Waals surface area contributed by atoms with Gasteiger partial charge in [-0.15, -0.1) is 0 Å². The van der Waals surface area contributed by atoms with E-state index in [1.54, 1.807) is 12.1 Å². The van der Waals surface area contributed by atoms with Gasteiger partial charge in [0.05, 0.1) is 5.69 Å². The molecule has 5 heteroatoms. The highest BCUT2D eigenvalue weighted by Crippen LogP contribution is 2.19. The lowest BCUT2D eigenvalue weighted by molar-refractivity contribution is 0.102. The molecule has 1 N–H and O–H groups in total. The number of hydrogen-bond donors (Lipinski definition) is 1. The van der Waals surface area contributed by atoms with E-state index >= 15 is 0 Å². The van der Waals surface area contributed by atoms with Crippen LogP contribution in [0.3, 0.4) is 0 Å². The molecule has 0 aliphatic carbocycles. The summed E-state index contributed by atoms with van der Waals surface area (Å²) in [6.07, 6.45) is 0. The highest BCUT2D eigenvalue weighted by Gasteiger charge is 2.12. The molecular weight excluding hydrogens is 308 g/mol. The van der Waals surface area contributed by atoms with E-state index in [1.165, 1.54) is 0 Å². The minimum Gasteiger partial charge on any atom is -0.338 e. The number of nitrogens with one attached hydrogen (secondary N) is 1. The van der Waals surface area contributed by atoms with E-state index in [2.05, 4.69) is 26.4 Å². The summed E-state index contributed by atoms with van der Waals surface area (Å²) >= 11 is 3.37. The maximum atomic E-state index is 12.1. The number of carbonyl (C=O) groups is 1. The third-order valence-corrected chi connectivity index (χ3v) is 3.12. The number of halogens is 1. The maximum Gasteiger partial charge on any atom is 0.258 e. The summed E-state index contributed by atoms with van der Waals surface area (Å²) in [6.45, 7) is 5.97. The zero-order chi connectivity index (χ0) is 14.0. The predicted molar refractivity (Wildman–Crippen MR) is 77.4 cm³/mol. The first kappa shape index (κ1) is 13.8. The molecule has 0 bridgehead atoms. The van der Waals surface area contributed by atoms with Crippen molar-refractivity contribution in [1.29, 1.82) is 0 Å². The normalized spacial score (nSPS) is 10.8. The van der Waals surface area contributed by atoms with Crippen LogP contribution in [0.1, 0.15) is 41.4 Å². The Balaban J connectivity index is 2.15. The fourth-order valence-electron chi connectivity index (χ4n) is 1.67.